The highest BCUT2D eigenvalue weighted by molar-refractivity contribution is 6.60. The summed E-state index contributed by atoms with van der Waals surface area (Å²) in [7, 11) is 7.30. The van der Waals surface area contributed by atoms with Crippen LogP contribution >= 0.6 is 0 Å². The third-order valence-corrected chi connectivity index (χ3v) is 11.8. The lowest BCUT2D eigenvalue weighted by molar-refractivity contribution is 0.0814. The molecule has 0 bridgehead atoms. The first-order valence-electron chi connectivity index (χ1n) is 12.6. The van der Waals surface area contributed by atoms with Crippen molar-refractivity contribution in [1.82, 2.24) is 4.90 Å². The Morgan fingerprint density at radius 3 is 1.09 bits per heavy atom. The maximum atomic E-state index is 5.77. The minimum Gasteiger partial charge on any atom is -0.380 e. The Bertz CT molecular complexity index is 389. The summed E-state index contributed by atoms with van der Waals surface area (Å²) in [5.74, 6) is 0. The van der Waals surface area contributed by atoms with Gasteiger partial charge in [-0.05, 0) is 32.7 Å². The number of hydrogen-bond acceptors (Lipinski definition) is 9. The Labute approximate surface area is 211 Å². The molecule has 0 unspecified atom stereocenters. The highest BCUT2D eigenvalue weighted by Crippen LogP contribution is 2.18. The quantitative estimate of drug-likeness (QED) is 0.123. The topological polar surface area (TPSA) is 77.1 Å². The standard InChI is InChI=1S/C23H53NO8Si2/c1-24(16-20-31-18-12-8-10-14-22-33(25-2,26-3)27-4)17-21-32-19-13-9-11-15-23-34(28-5,29-6)30-7/h8-23H2,1-7H3. The number of likely N-dealkylation sites (N-methyl/N-ethyl adjacent to an activating group) is 1. The van der Waals surface area contributed by atoms with Gasteiger partial charge in [0, 0.05) is 81.1 Å². The SMILES string of the molecule is CO[Si](CCCCCCOCCN(C)CCOCCCCCC[Si](OC)(OC)OC)(OC)OC. The number of nitrogens with zero attached hydrogens (tertiary/aromatic N) is 1. The summed E-state index contributed by atoms with van der Waals surface area (Å²) in [5.41, 5.74) is 0. The monoisotopic (exact) mass is 527 g/mol. The van der Waals surface area contributed by atoms with E-state index in [-0.39, 0.29) is 0 Å². The van der Waals surface area contributed by atoms with Crippen LogP contribution in [0.4, 0.5) is 0 Å². The number of hydrogen-bond donors (Lipinski definition) is 0. The Morgan fingerprint density at radius 1 is 0.441 bits per heavy atom. The van der Waals surface area contributed by atoms with Gasteiger partial charge in [0.1, 0.15) is 0 Å². The zero-order valence-electron chi connectivity index (χ0n) is 23.0. The van der Waals surface area contributed by atoms with Crippen molar-refractivity contribution in [3.05, 3.63) is 0 Å². The van der Waals surface area contributed by atoms with E-state index in [0.29, 0.717) is 0 Å². The van der Waals surface area contributed by atoms with Crippen molar-refractivity contribution in [2.24, 2.45) is 0 Å². The largest absolute Gasteiger partial charge is 0.500 e. The van der Waals surface area contributed by atoms with Crippen molar-refractivity contribution in [2.45, 2.75) is 63.5 Å². The summed E-state index contributed by atoms with van der Waals surface area (Å²) >= 11 is 0. The molecule has 0 saturated carbocycles. The maximum absolute atomic E-state index is 5.77. The van der Waals surface area contributed by atoms with E-state index in [0.717, 1.165) is 103 Å². The van der Waals surface area contributed by atoms with Gasteiger partial charge in [-0.3, -0.25) is 0 Å². The zero-order valence-corrected chi connectivity index (χ0v) is 25.0. The molecule has 0 radical (unpaired) electrons. The van der Waals surface area contributed by atoms with Crippen LogP contribution in [-0.2, 0) is 36.0 Å². The Balaban J connectivity index is 3.47. The number of unbranched alkanes of at least 4 members (excludes halogenated alkanes) is 6. The van der Waals surface area contributed by atoms with Gasteiger partial charge >= 0.3 is 17.6 Å². The second-order valence-electron chi connectivity index (χ2n) is 8.45. The van der Waals surface area contributed by atoms with Gasteiger partial charge in [0.15, 0.2) is 0 Å². The van der Waals surface area contributed by atoms with Crippen molar-refractivity contribution in [1.29, 1.82) is 0 Å². The lowest BCUT2D eigenvalue weighted by Gasteiger charge is -2.24. The molecule has 0 aliphatic rings. The van der Waals surface area contributed by atoms with E-state index in [9.17, 15) is 0 Å². The first kappa shape index (κ1) is 34.1. The molecule has 0 aliphatic heterocycles. The molecule has 34 heavy (non-hydrogen) atoms. The van der Waals surface area contributed by atoms with Crippen molar-refractivity contribution in [3.8, 4) is 0 Å². The zero-order chi connectivity index (χ0) is 25.5. The Morgan fingerprint density at radius 2 is 0.765 bits per heavy atom. The van der Waals surface area contributed by atoms with Crippen molar-refractivity contribution in [2.75, 3.05) is 89.2 Å². The Kier molecular flexibility index (Phi) is 22.3. The van der Waals surface area contributed by atoms with Gasteiger partial charge in [-0.1, -0.05) is 25.7 Å². The lowest BCUT2D eigenvalue weighted by Crippen LogP contribution is -2.42. The van der Waals surface area contributed by atoms with E-state index in [2.05, 4.69) is 11.9 Å². The molecule has 0 aromatic heterocycles. The molecule has 0 fully saturated rings. The third kappa shape index (κ3) is 15.9. The molecular formula is C23H53NO8Si2. The summed E-state index contributed by atoms with van der Waals surface area (Å²) in [5, 5.41) is 0. The van der Waals surface area contributed by atoms with Gasteiger partial charge in [0.2, 0.25) is 0 Å². The first-order valence-corrected chi connectivity index (χ1v) is 16.5. The summed E-state index contributed by atoms with van der Waals surface area (Å²) in [6, 6.07) is 1.73. The molecule has 0 N–H and O–H groups in total. The highest BCUT2D eigenvalue weighted by atomic mass is 28.4. The van der Waals surface area contributed by atoms with Crippen LogP contribution < -0.4 is 0 Å². The first-order chi connectivity index (χ1) is 16.5. The minimum absolute atomic E-state index is 0.763. The van der Waals surface area contributed by atoms with Gasteiger partial charge in [-0.15, -0.1) is 0 Å². The van der Waals surface area contributed by atoms with Gasteiger partial charge in [0.25, 0.3) is 0 Å². The van der Waals surface area contributed by atoms with Gasteiger partial charge in [-0.25, -0.2) is 0 Å². The van der Waals surface area contributed by atoms with Crippen molar-refractivity contribution < 1.29 is 36.0 Å². The molecule has 0 aliphatic carbocycles. The van der Waals surface area contributed by atoms with Crippen LogP contribution in [0.2, 0.25) is 12.1 Å². The molecule has 0 spiro atoms. The van der Waals surface area contributed by atoms with Crippen LogP contribution in [0.15, 0.2) is 0 Å². The molecule has 9 nitrogen and oxygen atoms in total. The molecule has 0 saturated heterocycles. The fourth-order valence-corrected chi connectivity index (χ4v) is 7.26. The van der Waals surface area contributed by atoms with Crippen LogP contribution in [0, 0.1) is 0 Å². The summed E-state index contributed by atoms with van der Waals surface area (Å²) in [6.07, 6.45) is 8.87. The number of ether oxygens (including phenoxy) is 2. The molecule has 0 heterocycles. The van der Waals surface area contributed by atoms with Crippen molar-refractivity contribution >= 4 is 17.6 Å². The van der Waals surface area contributed by atoms with E-state index >= 15 is 0 Å². The highest BCUT2D eigenvalue weighted by Gasteiger charge is 2.37. The fourth-order valence-electron chi connectivity index (χ4n) is 3.67. The molecule has 206 valence electrons. The maximum Gasteiger partial charge on any atom is 0.500 e. The minimum atomic E-state index is -2.40. The molecule has 0 amide bonds. The fraction of sp³-hybridized carbons (Fsp3) is 1.00. The Hall–Kier alpha value is 0.0738. The predicted molar refractivity (Wildman–Crippen MR) is 139 cm³/mol. The van der Waals surface area contributed by atoms with E-state index in [1.54, 1.807) is 42.7 Å². The molecule has 0 aromatic carbocycles. The van der Waals surface area contributed by atoms with E-state index in [4.69, 9.17) is 36.0 Å². The molecule has 11 heteroatoms. The average molecular weight is 528 g/mol. The van der Waals surface area contributed by atoms with Gasteiger partial charge < -0.3 is 40.9 Å². The van der Waals surface area contributed by atoms with Crippen LogP contribution in [0.5, 0.6) is 0 Å². The normalized spacial score (nSPS) is 12.7. The number of rotatable bonds is 26. The van der Waals surface area contributed by atoms with E-state index < -0.39 is 17.6 Å². The van der Waals surface area contributed by atoms with Crippen LogP contribution in [0.3, 0.4) is 0 Å². The smallest absolute Gasteiger partial charge is 0.380 e. The summed E-state index contributed by atoms with van der Waals surface area (Å²) in [6.45, 7) is 5.01. The summed E-state index contributed by atoms with van der Waals surface area (Å²) in [4.78, 5) is 2.26. The molecular weight excluding hydrogens is 474 g/mol. The van der Waals surface area contributed by atoms with Crippen LogP contribution in [0.25, 0.3) is 0 Å². The summed E-state index contributed by atoms with van der Waals surface area (Å²) < 4.78 is 44.2. The van der Waals surface area contributed by atoms with Crippen LogP contribution in [-0.4, -0.2) is 112 Å². The predicted octanol–water partition coefficient (Wildman–Crippen LogP) is 3.83. The third-order valence-electron chi connectivity index (χ3n) is 6.14. The van der Waals surface area contributed by atoms with E-state index in [1.165, 1.54) is 0 Å². The second-order valence-corrected chi connectivity index (χ2v) is 14.6. The molecule has 0 aromatic rings. The van der Waals surface area contributed by atoms with E-state index in [1.807, 2.05) is 0 Å². The second kappa shape index (κ2) is 22.3. The van der Waals surface area contributed by atoms with Gasteiger partial charge in [-0.2, -0.15) is 0 Å². The molecule has 0 atom stereocenters. The van der Waals surface area contributed by atoms with Gasteiger partial charge in [0.05, 0.1) is 13.2 Å². The van der Waals surface area contributed by atoms with Crippen molar-refractivity contribution in [3.63, 3.8) is 0 Å². The van der Waals surface area contributed by atoms with Crippen LogP contribution in [0.1, 0.15) is 51.4 Å². The lowest BCUT2D eigenvalue weighted by atomic mass is 10.2. The molecule has 0 rings (SSSR count). The average Bonchev–Trinajstić information content (AvgIpc) is 2.87.